The molecule has 4 N–H and O–H groups in total. The van der Waals surface area contributed by atoms with Crippen LogP contribution in [0.2, 0.25) is 0 Å². The Kier molecular flexibility index (Phi) is 5.88. The fraction of sp³-hybridized carbons (Fsp3) is 0.333. The van der Waals surface area contributed by atoms with Crippen LogP contribution in [0.3, 0.4) is 0 Å². The molecule has 0 fully saturated rings. The van der Waals surface area contributed by atoms with Crippen LogP contribution in [0.1, 0.15) is 5.56 Å². The molecule has 20 heavy (non-hydrogen) atoms. The molecule has 0 radical (unpaired) electrons. The van der Waals surface area contributed by atoms with Crippen LogP contribution in [-0.4, -0.2) is 39.5 Å². The smallest absolute Gasteiger partial charge is 0.326 e. The number of nitrogens with one attached hydrogen (secondary N) is 1. The van der Waals surface area contributed by atoms with Gasteiger partial charge in [-0.3, -0.25) is 14.2 Å². The third-order valence-electron chi connectivity index (χ3n) is 2.57. The summed E-state index contributed by atoms with van der Waals surface area (Å²) in [4.78, 5) is 40.2. The number of benzene rings is 1. The third kappa shape index (κ3) is 6.47. The lowest BCUT2D eigenvalue weighted by Gasteiger charge is -2.17. The minimum Gasteiger partial charge on any atom is -0.480 e. The van der Waals surface area contributed by atoms with Crippen molar-refractivity contribution in [2.24, 2.45) is 5.92 Å². The molecule has 1 aromatic carbocycles. The van der Waals surface area contributed by atoms with E-state index in [9.17, 15) is 14.2 Å². The van der Waals surface area contributed by atoms with Gasteiger partial charge < -0.3 is 20.2 Å². The van der Waals surface area contributed by atoms with E-state index in [0.29, 0.717) is 0 Å². The molecular formula is C12H16NO6P. The van der Waals surface area contributed by atoms with E-state index in [0.717, 1.165) is 5.56 Å². The molecule has 0 bridgehead atoms. The first-order chi connectivity index (χ1) is 9.28. The molecule has 0 heterocycles. The Labute approximate surface area is 115 Å². The Bertz CT molecular complexity index is 512. The zero-order chi connectivity index (χ0) is 15.2. The van der Waals surface area contributed by atoms with Crippen molar-refractivity contribution >= 4 is 19.5 Å². The number of hydrogen-bond donors (Lipinski definition) is 4. The Hall–Kier alpha value is -1.69. The Morgan fingerprint density at radius 2 is 1.80 bits per heavy atom. The first-order valence-electron chi connectivity index (χ1n) is 5.86. The van der Waals surface area contributed by atoms with E-state index in [1.807, 2.05) is 0 Å². The maximum absolute atomic E-state index is 11.8. The monoisotopic (exact) mass is 301 g/mol. The second kappa shape index (κ2) is 7.19. The molecule has 0 saturated heterocycles. The lowest BCUT2D eigenvalue weighted by molar-refractivity contribution is -0.138. The van der Waals surface area contributed by atoms with Gasteiger partial charge in [0.25, 0.3) is 0 Å². The maximum atomic E-state index is 11.8. The van der Waals surface area contributed by atoms with E-state index in [4.69, 9.17) is 14.9 Å². The van der Waals surface area contributed by atoms with Crippen LogP contribution in [0.5, 0.6) is 0 Å². The molecular weight excluding hydrogens is 285 g/mol. The summed E-state index contributed by atoms with van der Waals surface area (Å²) in [5.41, 5.74) is 0.747. The van der Waals surface area contributed by atoms with Gasteiger partial charge in [-0.2, -0.15) is 0 Å². The van der Waals surface area contributed by atoms with Crippen LogP contribution >= 0.6 is 7.60 Å². The molecule has 1 atom stereocenters. The first-order valence-corrected chi connectivity index (χ1v) is 7.65. The number of amides is 1. The van der Waals surface area contributed by atoms with Crippen LogP contribution in [0, 0.1) is 5.92 Å². The van der Waals surface area contributed by atoms with Gasteiger partial charge in [-0.25, -0.2) is 0 Å². The van der Waals surface area contributed by atoms with Gasteiger partial charge in [0.2, 0.25) is 5.91 Å². The largest absolute Gasteiger partial charge is 0.480 e. The van der Waals surface area contributed by atoms with E-state index in [1.165, 1.54) is 0 Å². The zero-order valence-electron chi connectivity index (χ0n) is 10.6. The van der Waals surface area contributed by atoms with Gasteiger partial charge in [-0.15, -0.1) is 0 Å². The first kappa shape index (κ1) is 16.4. The van der Waals surface area contributed by atoms with Crippen LogP contribution in [0.4, 0.5) is 0 Å². The van der Waals surface area contributed by atoms with Crippen molar-refractivity contribution in [3.8, 4) is 0 Å². The molecule has 1 rings (SSSR count). The second-order valence-corrected chi connectivity index (χ2v) is 6.04. The average Bonchev–Trinajstić information content (AvgIpc) is 2.34. The molecule has 1 aromatic rings. The van der Waals surface area contributed by atoms with Gasteiger partial charge in [0.05, 0.1) is 12.1 Å². The number of aliphatic carboxylic acids is 1. The molecule has 0 aliphatic rings. The molecule has 0 spiro atoms. The normalized spacial score (nSPS) is 12.7. The van der Waals surface area contributed by atoms with Gasteiger partial charge >= 0.3 is 13.6 Å². The molecule has 110 valence electrons. The molecule has 1 amide bonds. The minimum absolute atomic E-state index is 0.136. The maximum Gasteiger partial charge on any atom is 0.326 e. The van der Waals surface area contributed by atoms with E-state index in [1.54, 1.807) is 30.3 Å². The fourth-order valence-electron chi connectivity index (χ4n) is 1.73. The summed E-state index contributed by atoms with van der Waals surface area (Å²) in [5, 5.41) is 10.6. The van der Waals surface area contributed by atoms with E-state index in [-0.39, 0.29) is 6.42 Å². The summed E-state index contributed by atoms with van der Waals surface area (Å²) < 4.78 is 11.1. The van der Waals surface area contributed by atoms with Gasteiger partial charge in [-0.1, -0.05) is 30.3 Å². The fourth-order valence-corrected chi connectivity index (χ4v) is 2.60. The minimum atomic E-state index is -4.37. The van der Waals surface area contributed by atoms with Crippen LogP contribution in [-0.2, 0) is 20.6 Å². The highest BCUT2D eigenvalue weighted by molar-refractivity contribution is 7.51. The van der Waals surface area contributed by atoms with Crippen molar-refractivity contribution in [3.63, 3.8) is 0 Å². The van der Waals surface area contributed by atoms with Gasteiger partial charge in [0.1, 0.15) is 6.54 Å². The summed E-state index contributed by atoms with van der Waals surface area (Å²) in [6.07, 6.45) is -0.481. The highest BCUT2D eigenvalue weighted by Crippen LogP contribution is 2.37. The van der Waals surface area contributed by atoms with Gasteiger partial charge in [-0.05, 0) is 12.0 Å². The quantitative estimate of drug-likeness (QED) is 0.534. The second-order valence-electron chi connectivity index (χ2n) is 4.35. The Balaban J connectivity index is 2.77. The lowest BCUT2D eigenvalue weighted by Crippen LogP contribution is -2.37. The predicted octanol–water partition coefficient (Wildman–Crippen LogP) is 0.224. The SMILES string of the molecule is O=C(O)CNC(=O)C(Cc1ccccc1)CP(=O)(O)O. The summed E-state index contributed by atoms with van der Waals surface area (Å²) >= 11 is 0. The lowest BCUT2D eigenvalue weighted by atomic mass is 10.0. The number of carbonyl (C=O) groups is 2. The zero-order valence-corrected chi connectivity index (χ0v) is 11.5. The number of rotatable bonds is 7. The van der Waals surface area contributed by atoms with E-state index >= 15 is 0 Å². The standard InChI is InChI=1S/C12H16NO6P/c14-11(15)7-13-12(16)10(8-20(17,18)19)6-9-4-2-1-3-5-9/h1-5,10H,6-8H2,(H,13,16)(H,14,15)(H2,17,18,19). The molecule has 0 aliphatic carbocycles. The molecule has 0 saturated carbocycles. The summed E-state index contributed by atoms with van der Waals surface area (Å²) in [7, 11) is -4.37. The number of carboxylic acids is 1. The average molecular weight is 301 g/mol. The highest BCUT2D eigenvalue weighted by atomic mass is 31.2. The van der Waals surface area contributed by atoms with Crippen molar-refractivity contribution in [1.29, 1.82) is 0 Å². The molecule has 0 aromatic heterocycles. The van der Waals surface area contributed by atoms with Crippen LogP contribution in [0.15, 0.2) is 30.3 Å². The Morgan fingerprint density at radius 3 is 2.30 bits per heavy atom. The summed E-state index contributed by atoms with van der Waals surface area (Å²) in [6.45, 7) is -0.578. The topological polar surface area (TPSA) is 124 Å². The molecule has 7 nitrogen and oxygen atoms in total. The third-order valence-corrected chi connectivity index (χ3v) is 3.48. The highest BCUT2D eigenvalue weighted by Gasteiger charge is 2.27. The molecule has 8 heteroatoms. The van der Waals surface area contributed by atoms with E-state index in [2.05, 4.69) is 5.32 Å². The van der Waals surface area contributed by atoms with Crippen LogP contribution in [0.25, 0.3) is 0 Å². The van der Waals surface area contributed by atoms with Crippen molar-refractivity contribution in [2.75, 3.05) is 12.7 Å². The van der Waals surface area contributed by atoms with Crippen molar-refractivity contribution in [3.05, 3.63) is 35.9 Å². The van der Waals surface area contributed by atoms with Crippen LogP contribution < -0.4 is 5.32 Å². The summed E-state index contributed by atoms with van der Waals surface area (Å²) in [5.74, 6) is -2.87. The predicted molar refractivity (Wildman–Crippen MR) is 71.2 cm³/mol. The van der Waals surface area contributed by atoms with Crippen molar-refractivity contribution in [1.82, 2.24) is 5.32 Å². The summed E-state index contributed by atoms with van der Waals surface area (Å²) in [6, 6.07) is 8.75. The van der Waals surface area contributed by atoms with Crippen molar-refractivity contribution in [2.45, 2.75) is 6.42 Å². The number of hydrogen-bond acceptors (Lipinski definition) is 3. The van der Waals surface area contributed by atoms with Gasteiger partial charge in [0, 0.05) is 0 Å². The van der Waals surface area contributed by atoms with Gasteiger partial charge in [0.15, 0.2) is 0 Å². The van der Waals surface area contributed by atoms with Crippen molar-refractivity contribution < 1.29 is 29.0 Å². The Morgan fingerprint density at radius 1 is 1.20 bits per heavy atom. The number of carboxylic acid groups (broad SMARTS) is 1. The van der Waals surface area contributed by atoms with E-state index < -0.39 is 38.1 Å². The number of carbonyl (C=O) groups excluding carboxylic acids is 1. The molecule has 0 aliphatic heterocycles. The molecule has 1 unspecified atom stereocenters.